The Kier molecular flexibility index (Phi) is 4.02. The van der Waals surface area contributed by atoms with E-state index in [1.807, 2.05) is 0 Å². The first-order chi connectivity index (χ1) is 8.07. The van der Waals surface area contributed by atoms with Crippen LogP contribution in [0.5, 0.6) is 0 Å². The molecule has 1 aromatic carbocycles. The summed E-state index contributed by atoms with van der Waals surface area (Å²) in [6.45, 7) is 4.33. The highest BCUT2D eigenvalue weighted by Crippen LogP contribution is 2.24. The molecule has 1 unspecified atom stereocenters. The van der Waals surface area contributed by atoms with Crippen LogP contribution in [0.3, 0.4) is 0 Å². The summed E-state index contributed by atoms with van der Waals surface area (Å²) in [5.74, 6) is -0.294. The fraction of sp³-hybridized carbons (Fsp3) is 0.538. The molecule has 0 saturated carbocycles. The predicted octanol–water partition coefficient (Wildman–Crippen LogP) is 3.14. The molecule has 1 atom stereocenters. The van der Waals surface area contributed by atoms with Crippen molar-refractivity contribution in [3.63, 3.8) is 0 Å². The third-order valence-electron chi connectivity index (χ3n) is 3.05. The smallest absolute Gasteiger partial charge is 0.125 e. The molecule has 17 heavy (non-hydrogen) atoms. The van der Waals surface area contributed by atoms with E-state index in [0.717, 1.165) is 31.6 Å². The summed E-state index contributed by atoms with van der Waals surface area (Å²) in [5.41, 5.74) is 0.786. The Morgan fingerprint density at radius 3 is 2.94 bits per heavy atom. The molecule has 0 bridgehead atoms. The van der Waals surface area contributed by atoms with E-state index in [4.69, 9.17) is 16.3 Å². The van der Waals surface area contributed by atoms with E-state index in [9.17, 15) is 4.39 Å². The fourth-order valence-electron chi connectivity index (χ4n) is 2.16. The number of halogens is 2. The van der Waals surface area contributed by atoms with Crippen molar-refractivity contribution in [2.24, 2.45) is 0 Å². The lowest BCUT2D eigenvalue weighted by Crippen LogP contribution is -2.36. The number of nitrogens with one attached hydrogen (secondary N) is 1. The van der Waals surface area contributed by atoms with Gasteiger partial charge in [-0.25, -0.2) is 4.39 Å². The van der Waals surface area contributed by atoms with Crippen molar-refractivity contribution in [1.82, 2.24) is 5.32 Å². The molecular weight excluding hydrogens is 241 g/mol. The molecule has 2 nitrogen and oxygen atoms in total. The highest BCUT2D eigenvalue weighted by Gasteiger charge is 2.28. The van der Waals surface area contributed by atoms with E-state index in [-0.39, 0.29) is 11.4 Å². The maximum Gasteiger partial charge on any atom is 0.125 e. The summed E-state index contributed by atoms with van der Waals surface area (Å²) in [6.07, 6.45) is 2.19. The van der Waals surface area contributed by atoms with Gasteiger partial charge in [-0.15, -0.1) is 0 Å². The van der Waals surface area contributed by atoms with Gasteiger partial charge in [0.2, 0.25) is 0 Å². The highest BCUT2D eigenvalue weighted by atomic mass is 35.5. The van der Waals surface area contributed by atoms with E-state index in [0.29, 0.717) is 11.6 Å². The summed E-state index contributed by atoms with van der Waals surface area (Å²) < 4.78 is 18.8. The van der Waals surface area contributed by atoms with E-state index >= 15 is 0 Å². The second kappa shape index (κ2) is 5.34. The summed E-state index contributed by atoms with van der Waals surface area (Å²) in [5, 5.41) is 3.72. The van der Waals surface area contributed by atoms with Gasteiger partial charge in [-0.05, 0) is 43.5 Å². The van der Waals surface area contributed by atoms with Crippen LogP contribution in [-0.4, -0.2) is 18.8 Å². The molecule has 0 spiro atoms. The highest BCUT2D eigenvalue weighted by molar-refractivity contribution is 6.30. The van der Waals surface area contributed by atoms with Crippen LogP contribution < -0.4 is 5.32 Å². The van der Waals surface area contributed by atoms with Gasteiger partial charge in [0.05, 0.1) is 5.60 Å². The Hall–Kier alpha value is -0.640. The molecule has 0 aromatic heterocycles. The summed E-state index contributed by atoms with van der Waals surface area (Å²) >= 11 is 5.79. The zero-order valence-corrected chi connectivity index (χ0v) is 10.7. The topological polar surface area (TPSA) is 21.3 Å². The molecular formula is C13H17ClFNO. The molecule has 1 saturated heterocycles. The average molecular weight is 258 g/mol. The van der Waals surface area contributed by atoms with Crippen molar-refractivity contribution in [2.75, 3.05) is 13.2 Å². The number of hydrogen-bond donors (Lipinski definition) is 1. The average Bonchev–Trinajstić information content (AvgIpc) is 2.64. The molecule has 1 aliphatic rings. The van der Waals surface area contributed by atoms with Gasteiger partial charge in [0, 0.05) is 24.7 Å². The first kappa shape index (κ1) is 12.8. The number of benzene rings is 1. The molecule has 1 N–H and O–H groups in total. The first-order valence-electron chi connectivity index (χ1n) is 5.87. The summed E-state index contributed by atoms with van der Waals surface area (Å²) in [6, 6.07) is 4.58. The monoisotopic (exact) mass is 257 g/mol. The first-order valence-corrected chi connectivity index (χ1v) is 6.25. The van der Waals surface area contributed by atoms with Crippen molar-refractivity contribution in [1.29, 1.82) is 0 Å². The van der Waals surface area contributed by atoms with Crippen LogP contribution in [-0.2, 0) is 11.3 Å². The predicted molar refractivity (Wildman–Crippen MR) is 66.7 cm³/mol. The normalized spacial score (nSPS) is 24.2. The van der Waals surface area contributed by atoms with Crippen LogP contribution in [0, 0.1) is 5.82 Å². The van der Waals surface area contributed by atoms with Crippen molar-refractivity contribution in [2.45, 2.75) is 31.9 Å². The molecule has 1 aliphatic heterocycles. The van der Waals surface area contributed by atoms with Gasteiger partial charge in [-0.2, -0.15) is 0 Å². The third kappa shape index (κ3) is 3.66. The Morgan fingerprint density at radius 1 is 1.47 bits per heavy atom. The lowest BCUT2D eigenvalue weighted by atomic mass is 10.0. The Labute approximate surface area is 106 Å². The zero-order valence-electron chi connectivity index (χ0n) is 9.93. The van der Waals surface area contributed by atoms with Gasteiger partial charge in [0.25, 0.3) is 0 Å². The Morgan fingerprint density at radius 2 is 2.29 bits per heavy atom. The Bertz CT molecular complexity index is 371. The van der Waals surface area contributed by atoms with Crippen molar-refractivity contribution < 1.29 is 9.13 Å². The minimum atomic E-state index is -0.294. The third-order valence-corrected chi connectivity index (χ3v) is 3.27. The molecule has 0 radical (unpaired) electrons. The number of ether oxygens (including phenoxy) is 1. The molecule has 1 aromatic rings. The van der Waals surface area contributed by atoms with Crippen molar-refractivity contribution in [3.05, 3.63) is 34.6 Å². The number of hydrogen-bond acceptors (Lipinski definition) is 2. The van der Waals surface area contributed by atoms with Gasteiger partial charge < -0.3 is 10.1 Å². The minimum absolute atomic E-state index is 0.0723. The lowest BCUT2D eigenvalue weighted by Gasteiger charge is -2.23. The quantitative estimate of drug-likeness (QED) is 0.895. The molecule has 2 rings (SSSR count). The molecule has 1 fully saturated rings. The minimum Gasteiger partial charge on any atom is -0.374 e. The van der Waals surface area contributed by atoms with Crippen LogP contribution in [0.2, 0.25) is 5.02 Å². The van der Waals surface area contributed by atoms with E-state index in [1.54, 1.807) is 6.07 Å². The lowest BCUT2D eigenvalue weighted by molar-refractivity contribution is 0.0207. The second-order valence-corrected chi connectivity index (χ2v) is 5.22. The van der Waals surface area contributed by atoms with Crippen LogP contribution in [0.15, 0.2) is 18.2 Å². The number of rotatable bonds is 4. The zero-order chi connectivity index (χ0) is 12.3. The maximum absolute atomic E-state index is 13.1. The standard InChI is InChI=1S/C13H17ClFNO/c1-13(3-2-4-17-13)9-16-8-10-5-11(14)7-12(15)6-10/h5-7,16H,2-4,8-9H2,1H3. The van der Waals surface area contributed by atoms with E-state index < -0.39 is 0 Å². The summed E-state index contributed by atoms with van der Waals surface area (Å²) in [7, 11) is 0. The molecule has 94 valence electrons. The van der Waals surface area contributed by atoms with E-state index in [1.165, 1.54) is 12.1 Å². The van der Waals surface area contributed by atoms with Crippen molar-refractivity contribution in [3.8, 4) is 0 Å². The maximum atomic E-state index is 13.1. The van der Waals surface area contributed by atoms with Gasteiger partial charge in [0.1, 0.15) is 5.82 Å². The van der Waals surface area contributed by atoms with Gasteiger partial charge in [-0.1, -0.05) is 11.6 Å². The largest absolute Gasteiger partial charge is 0.374 e. The molecule has 1 heterocycles. The summed E-state index contributed by atoms with van der Waals surface area (Å²) in [4.78, 5) is 0. The van der Waals surface area contributed by atoms with Crippen LogP contribution in [0.1, 0.15) is 25.3 Å². The van der Waals surface area contributed by atoms with Gasteiger partial charge in [0.15, 0.2) is 0 Å². The molecule has 0 amide bonds. The van der Waals surface area contributed by atoms with Crippen LogP contribution in [0.4, 0.5) is 4.39 Å². The van der Waals surface area contributed by atoms with Crippen LogP contribution >= 0.6 is 11.6 Å². The second-order valence-electron chi connectivity index (χ2n) is 4.78. The van der Waals surface area contributed by atoms with E-state index in [2.05, 4.69) is 12.2 Å². The van der Waals surface area contributed by atoms with Crippen molar-refractivity contribution >= 4 is 11.6 Å². The molecule has 0 aliphatic carbocycles. The van der Waals surface area contributed by atoms with Gasteiger partial charge >= 0.3 is 0 Å². The van der Waals surface area contributed by atoms with Gasteiger partial charge in [-0.3, -0.25) is 0 Å². The SMILES string of the molecule is CC1(CNCc2cc(F)cc(Cl)c2)CCCO1. The molecule has 4 heteroatoms. The Balaban J connectivity index is 1.85. The fourth-order valence-corrected chi connectivity index (χ4v) is 2.40. The van der Waals surface area contributed by atoms with Crippen LogP contribution in [0.25, 0.3) is 0 Å².